The molecule has 0 fully saturated rings. The van der Waals surface area contributed by atoms with Gasteiger partial charge in [0.1, 0.15) is 12.3 Å². The second-order valence-electron chi connectivity index (χ2n) is 5.08. The number of nitrogens with one attached hydrogen (secondary N) is 3. The monoisotopic (exact) mass is 374 g/mol. The van der Waals surface area contributed by atoms with Crippen molar-refractivity contribution in [2.24, 2.45) is 5.10 Å². The summed E-state index contributed by atoms with van der Waals surface area (Å²) >= 11 is 5.78. The summed E-state index contributed by atoms with van der Waals surface area (Å²) in [6, 6.07) is 13.5. The fourth-order valence-corrected chi connectivity index (χ4v) is 2.07. The molecule has 0 bridgehead atoms. The molecule has 26 heavy (non-hydrogen) atoms. The van der Waals surface area contributed by atoms with Gasteiger partial charge < -0.3 is 15.4 Å². The van der Waals surface area contributed by atoms with Crippen LogP contribution in [0.5, 0.6) is 5.75 Å². The minimum Gasteiger partial charge on any atom is -0.492 e. The number of rotatable bonds is 7. The van der Waals surface area contributed by atoms with Crippen molar-refractivity contribution in [3.05, 3.63) is 59.1 Å². The summed E-state index contributed by atoms with van der Waals surface area (Å²) in [5.74, 6) is 0.102. The highest BCUT2D eigenvalue weighted by atomic mass is 35.5. The number of nitrogens with zero attached hydrogens (tertiary/aromatic N) is 1. The molecule has 136 valence electrons. The van der Waals surface area contributed by atoms with Gasteiger partial charge >= 0.3 is 6.03 Å². The third kappa shape index (κ3) is 6.45. The Labute approximate surface area is 156 Å². The normalized spacial score (nSPS) is 10.4. The summed E-state index contributed by atoms with van der Waals surface area (Å²) in [5.41, 5.74) is 3.63. The topological polar surface area (TPSA) is 91.8 Å². The fourth-order valence-electron chi connectivity index (χ4n) is 1.95. The number of hydrogen-bond donors (Lipinski definition) is 3. The number of amides is 3. The zero-order valence-corrected chi connectivity index (χ0v) is 14.9. The van der Waals surface area contributed by atoms with Crippen LogP contribution in [0.15, 0.2) is 53.6 Å². The van der Waals surface area contributed by atoms with Crippen molar-refractivity contribution in [1.29, 1.82) is 0 Å². The van der Waals surface area contributed by atoms with Gasteiger partial charge in [0.15, 0.2) is 0 Å². The van der Waals surface area contributed by atoms with E-state index in [0.717, 1.165) is 5.56 Å². The smallest absolute Gasteiger partial charge is 0.319 e. The van der Waals surface area contributed by atoms with Crippen LogP contribution in [-0.2, 0) is 4.79 Å². The lowest BCUT2D eigenvalue weighted by Gasteiger charge is -2.11. The lowest BCUT2D eigenvalue weighted by Crippen LogP contribution is -2.37. The largest absolute Gasteiger partial charge is 0.492 e. The highest BCUT2D eigenvalue weighted by molar-refractivity contribution is 6.30. The minimum absolute atomic E-state index is 0.222. The quantitative estimate of drug-likeness (QED) is 0.514. The van der Waals surface area contributed by atoms with E-state index in [2.05, 4.69) is 21.2 Å². The minimum atomic E-state index is -0.519. The molecule has 2 rings (SSSR count). The molecule has 2 aromatic rings. The van der Waals surface area contributed by atoms with Crippen LogP contribution in [0.2, 0.25) is 5.02 Å². The van der Waals surface area contributed by atoms with Crippen LogP contribution < -0.4 is 20.8 Å². The number of anilines is 1. The Balaban J connectivity index is 1.76. The van der Waals surface area contributed by atoms with E-state index in [9.17, 15) is 9.59 Å². The molecule has 8 heteroatoms. The third-order valence-electron chi connectivity index (χ3n) is 3.12. The van der Waals surface area contributed by atoms with Crippen molar-refractivity contribution in [2.75, 3.05) is 18.5 Å². The van der Waals surface area contributed by atoms with Crippen LogP contribution >= 0.6 is 11.6 Å². The molecule has 0 saturated carbocycles. The van der Waals surface area contributed by atoms with Crippen LogP contribution in [-0.4, -0.2) is 31.3 Å². The van der Waals surface area contributed by atoms with Crippen LogP contribution in [0.1, 0.15) is 12.5 Å². The van der Waals surface area contributed by atoms with Crippen LogP contribution in [0, 0.1) is 0 Å². The Morgan fingerprint density at radius 2 is 1.88 bits per heavy atom. The van der Waals surface area contributed by atoms with E-state index in [1.165, 1.54) is 6.21 Å². The molecule has 0 aromatic heterocycles. The predicted molar refractivity (Wildman–Crippen MR) is 102 cm³/mol. The molecule has 3 amide bonds. The lowest BCUT2D eigenvalue weighted by atomic mass is 10.2. The van der Waals surface area contributed by atoms with Gasteiger partial charge in [-0.3, -0.25) is 4.79 Å². The van der Waals surface area contributed by atoms with Crippen molar-refractivity contribution in [3.8, 4) is 5.75 Å². The molecule has 2 aromatic carbocycles. The molecule has 3 N–H and O–H groups in total. The molecule has 7 nitrogen and oxygen atoms in total. The number of para-hydroxylation sites is 2. The number of carbonyl (C=O) groups is 2. The highest BCUT2D eigenvalue weighted by Gasteiger charge is 2.08. The molecule has 0 atom stereocenters. The van der Waals surface area contributed by atoms with Gasteiger partial charge in [-0.1, -0.05) is 35.9 Å². The van der Waals surface area contributed by atoms with E-state index in [1.54, 1.807) is 48.5 Å². The Morgan fingerprint density at radius 1 is 1.15 bits per heavy atom. The number of halogens is 1. The van der Waals surface area contributed by atoms with Crippen LogP contribution in [0.3, 0.4) is 0 Å². The summed E-state index contributed by atoms with van der Waals surface area (Å²) in [6.07, 6.45) is 1.48. The summed E-state index contributed by atoms with van der Waals surface area (Å²) in [6.45, 7) is 2.11. The van der Waals surface area contributed by atoms with E-state index in [0.29, 0.717) is 23.1 Å². The maximum atomic E-state index is 11.9. The Bertz CT molecular complexity index is 778. The molecule has 0 heterocycles. The average molecular weight is 375 g/mol. The standard InChI is InChI=1S/C18H19ClN4O3/c1-2-26-16-6-4-3-5-15(16)22-18(25)20-12-17(24)23-21-11-13-7-9-14(19)10-8-13/h3-11H,2,12H2,1H3,(H,23,24)(H2,20,22,25). The van der Waals surface area contributed by atoms with E-state index in [1.807, 2.05) is 6.92 Å². The molecule has 0 aliphatic heterocycles. The molecule has 0 saturated heterocycles. The third-order valence-corrected chi connectivity index (χ3v) is 3.37. The molecule has 0 aliphatic rings. The second kappa shape index (κ2) is 10.0. The molecule has 0 spiro atoms. The van der Waals surface area contributed by atoms with E-state index in [-0.39, 0.29) is 6.54 Å². The summed E-state index contributed by atoms with van der Waals surface area (Å²) < 4.78 is 5.42. The first-order chi connectivity index (χ1) is 12.6. The zero-order valence-electron chi connectivity index (χ0n) is 14.2. The average Bonchev–Trinajstić information content (AvgIpc) is 2.63. The Kier molecular flexibility index (Phi) is 7.45. The Hall–Kier alpha value is -3.06. The van der Waals surface area contributed by atoms with Gasteiger partial charge in [0.25, 0.3) is 5.91 Å². The molecule has 0 aliphatic carbocycles. The highest BCUT2D eigenvalue weighted by Crippen LogP contribution is 2.23. The predicted octanol–water partition coefficient (Wildman–Crippen LogP) is 3.01. The Morgan fingerprint density at radius 3 is 2.62 bits per heavy atom. The number of benzene rings is 2. The first-order valence-corrected chi connectivity index (χ1v) is 8.30. The maximum Gasteiger partial charge on any atom is 0.319 e. The number of hydrogen-bond acceptors (Lipinski definition) is 4. The van der Waals surface area contributed by atoms with Crippen molar-refractivity contribution in [3.63, 3.8) is 0 Å². The van der Waals surface area contributed by atoms with Gasteiger partial charge in [-0.2, -0.15) is 5.10 Å². The van der Waals surface area contributed by atoms with Gasteiger partial charge in [-0.05, 0) is 36.8 Å². The summed E-state index contributed by atoms with van der Waals surface area (Å²) in [5, 5.41) is 9.51. The van der Waals surface area contributed by atoms with E-state index >= 15 is 0 Å². The molecule has 0 unspecified atom stereocenters. The number of urea groups is 1. The lowest BCUT2D eigenvalue weighted by molar-refractivity contribution is -0.120. The SMILES string of the molecule is CCOc1ccccc1NC(=O)NCC(=O)NN=Cc1ccc(Cl)cc1. The summed E-state index contributed by atoms with van der Waals surface area (Å²) in [4.78, 5) is 23.6. The van der Waals surface area contributed by atoms with Crippen molar-refractivity contribution in [2.45, 2.75) is 6.92 Å². The first-order valence-electron chi connectivity index (χ1n) is 7.92. The fraction of sp³-hybridized carbons (Fsp3) is 0.167. The van der Waals surface area contributed by atoms with Gasteiger partial charge in [-0.25, -0.2) is 10.2 Å². The van der Waals surface area contributed by atoms with E-state index in [4.69, 9.17) is 16.3 Å². The van der Waals surface area contributed by atoms with Gasteiger partial charge in [0.2, 0.25) is 0 Å². The summed E-state index contributed by atoms with van der Waals surface area (Å²) in [7, 11) is 0. The molecular formula is C18H19ClN4O3. The zero-order chi connectivity index (χ0) is 18.8. The first kappa shape index (κ1) is 19.3. The maximum absolute atomic E-state index is 11.9. The number of carbonyl (C=O) groups excluding carboxylic acids is 2. The van der Waals surface area contributed by atoms with E-state index < -0.39 is 11.9 Å². The second-order valence-corrected chi connectivity index (χ2v) is 5.52. The van der Waals surface area contributed by atoms with Crippen molar-refractivity contribution in [1.82, 2.24) is 10.7 Å². The van der Waals surface area contributed by atoms with Crippen molar-refractivity contribution >= 4 is 35.4 Å². The number of hydrazone groups is 1. The molecular weight excluding hydrogens is 356 g/mol. The van der Waals surface area contributed by atoms with Gasteiger partial charge in [0, 0.05) is 5.02 Å². The number of ether oxygens (including phenoxy) is 1. The van der Waals surface area contributed by atoms with Gasteiger partial charge in [0.05, 0.1) is 18.5 Å². The molecule has 0 radical (unpaired) electrons. The van der Waals surface area contributed by atoms with Crippen molar-refractivity contribution < 1.29 is 14.3 Å². The van der Waals surface area contributed by atoms with Crippen LogP contribution in [0.25, 0.3) is 0 Å². The van der Waals surface area contributed by atoms with Gasteiger partial charge in [-0.15, -0.1) is 0 Å². The van der Waals surface area contributed by atoms with Crippen LogP contribution in [0.4, 0.5) is 10.5 Å².